The van der Waals surface area contributed by atoms with Gasteiger partial charge in [0.15, 0.2) is 5.11 Å². The average Bonchev–Trinajstić information content (AvgIpc) is 2.18. The number of benzene rings is 1. The van der Waals surface area contributed by atoms with Crippen molar-refractivity contribution in [1.29, 1.82) is 0 Å². The molecule has 1 rings (SSSR count). The molecule has 0 aromatic heterocycles. The molecular formula is C9H7F4N3S. The molecule has 0 saturated heterocycles. The topological polar surface area (TPSA) is 50.4 Å². The summed E-state index contributed by atoms with van der Waals surface area (Å²) in [6.45, 7) is 0. The third-order valence-corrected chi connectivity index (χ3v) is 1.80. The highest BCUT2D eigenvalue weighted by Gasteiger charge is 2.30. The van der Waals surface area contributed by atoms with Crippen molar-refractivity contribution in [2.45, 2.75) is 6.18 Å². The van der Waals surface area contributed by atoms with Gasteiger partial charge in [0.2, 0.25) is 0 Å². The Morgan fingerprint density at radius 3 is 2.53 bits per heavy atom. The number of nitrogens with zero attached hydrogens (tertiary/aromatic N) is 1. The number of rotatable bonds is 2. The van der Waals surface area contributed by atoms with Gasteiger partial charge < -0.3 is 5.73 Å². The van der Waals surface area contributed by atoms with Crippen LogP contribution in [0.15, 0.2) is 23.3 Å². The standard InChI is InChI=1S/C9H7F4N3S/c10-7-3-6(9(11,12)13)2-1-5(7)4-15-16-8(14)17/h1-4H,(H3,14,16,17). The second-order valence-corrected chi connectivity index (χ2v) is 3.41. The summed E-state index contributed by atoms with van der Waals surface area (Å²) in [5.74, 6) is -1.03. The van der Waals surface area contributed by atoms with Crippen LogP contribution in [0.4, 0.5) is 17.6 Å². The number of thiocarbonyl (C=S) groups is 1. The predicted octanol–water partition coefficient (Wildman–Crippen LogP) is 2.01. The molecule has 0 aliphatic carbocycles. The Balaban J connectivity index is 2.91. The molecule has 17 heavy (non-hydrogen) atoms. The van der Waals surface area contributed by atoms with Crippen molar-refractivity contribution >= 4 is 23.5 Å². The van der Waals surface area contributed by atoms with Crippen LogP contribution in [0.1, 0.15) is 11.1 Å². The first-order valence-corrected chi connectivity index (χ1v) is 4.67. The van der Waals surface area contributed by atoms with Crippen molar-refractivity contribution in [3.05, 3.63) is 35.1 Å². The minimum atomic E-state index is -4.58. The van der Waals surface area contributed by atoms with Gasteiger partial charge in [0, 0.05) is 5.56 Å². The van der Waals surface area contributed by atoms with Gasteiger partial charge in [-0.05, 0) is 30.4 Å². The summed E-state index contributed by atoms with van der Waals surface area (Å²) >= 11 is 4.42. The van der Waals surface area contributed by atoms with Crippen molar-refractivity contribution in [1.82, 2.24) is 5.43 Å². The Kier molecular flexibility index (Phi) is 4.00. The molecule has 0 saturated carbocycles. The Morgan fingerprint density at radius 1 is 1.41 bits per heavy atom. The van der Waals surface area contributed by atoms with Gasteiger partial charge in [-0.2, -0.15) is 18.3 Å². The minimum Gasteiger partial charge on any atom is -0.375 e. The first-order chi connectivity index (χ1) is 7.80. The third kappa shape index (κ3) is 3.99. The first-order valence-electron chi connectivity index (χ1n) is 4.26. The molecule has 0 aliphatic rings. The maximum absolute atomic E-state index is 13.2. The van der Waals surface area contributed by atoms with E-state index in [0.717, 1.165) is 18.3 Å². The highest BCUT2D eigenvalue weighted by Crippen LogP contribution is 2.29. The van der Waals surface area contributed by atoms with E-state index in [4.69, 9.17) is 5.73 Å². The second-order valence-electron chi connectivity index (χ2n) is 2.97. The predicted molar refractivity (Wildman–Crippen MR) is 58.9 cm³/mol. The Morgan fingerprint density at radius 2 is 2.06 bits per heavy atom. The maximum Gasteiger partial charge on any atom is 0.416 e. The number of hydrogen-bond donors (Lipinski definition) is 2. The zero-order valence-electron chi connectivity index (χ0n) is 8.25. The lowest BCUT2D eigenvalue weighted by molar-refractivity contribution is -0.137. The second kappa shape index (κ2) is 5.09. The highest BCUT2D eigenvalue weighted by molar-refractivity contribution is 7.80. The van der Waals surface area contributed by atoms with Gasteiger partial charge in [-0.15, -0.1) is 0 Å². The molecule has 0 fully saturated rings. The van der Waals surface area contributed by atoms with E-state index < -0.39 is 17.6 Å². The average molecular weight is 265 g/mol. The lowest BCUT2D eigenvalue weighted by Crippen LogP contribution is -2.24. The van der Waals surface area contributed by atoms with Crippen LogP contribution in [-0.2, 0) is 6.18 Å². The van der Waals surface area contributed by atoms with Crippen molar-refractivity contribution in [3.63, 3.8) is 0 Å². The summed E-state index contributed by atoms with van der Waals surface area (Å²) in [5.41, 5.74) is 6.03. The molecule has 0 atom stereocenters. The summed E-state index contributed by atoms with van der Waals surface area (Å²) in [7, 11) is 0. The number of nitrogens with two attached hydrogens (primary N) is 1. The highest BCUT2D eigenvalue weighted by atomic mass is 32.1. The molecule has 1 aromatic carbocycles. The Labute approximate surface area is 99.3 Å². The largest absolute Gasteiger partial charge is 0.416 e. The van der Waals surface area contributed by atoms with Gasteiger partial charge in [-0.3, -0.25) is 5.43 Å². The summed E-state index contributed by atoms with van der Waals surface area (Å²) in [4.78, 5) is 0. The molecule has 3 nitrogen and oxygen atoms in total. The van der Waals surface area contributed by atoms with Crippen LogP contribution in [0.3, 0.4) is 0 Å². The quantitative estimate of drug-likeness (QED) is 0.372. The molecule has 1 aromatic rings. The fourth-order valence-corrected chi connectivity index (χ4v) is 1.03. The van der Waals surface area contributed by atoms with Crippen LogP contribution >= 0.6 is 12.2 Å². The van der Waals surface area contributed by atoms with Gasteiger partial charge in [0.05, 0.1) is 11.8 Å². The number of alkyl halides is 3. The smallest absolute Gasteiger partial charge is 0.375 e. The van der Waals surface area contributed by atoms with Crippen LogP contribution < -0.4 is 11.2 Å². The number of nitrogens with one attached hydrogen (secondary N) is 1. The van der Waals surface area contributed by atoms with E-state index in [1.807, 2.05) is 0 Å². The molecule has 0 spiro atoms. The molecule has 0 heterocycles. The van der Waals surface area contributed by atoms with Gasteiger partial charge >= 0.3 is 6.18 Å². The number of halogens is 4. The molecule has 92 valence electrons. The maximum atomic E-state index is 13.2. The Hall–Kier alpha value is -1.70. The summed E-state index contributed by atoms with van der Waals surface area (Å²) < 4.78 is 49.9. The molecule has 0 bridgehead atoms. The van der Waals surface area contributed by atoms with E-state index in [-0.39, 0.29) is 10.7 Å². The minimum absolute atomic E-state index is 0.109. The summed E-state index contributed by atoms with van der Waals surface area (Å²) in [6, 6.07) is 2.11. The van der Waals surface area contributed by atoms with E-state index >= 15 is 0 Å². The van der Waals surface area contributed by atoms with E-state index in [0.29, 0.717) is 6.07 Å². The molecule has 3 N–H and O–H groups in total. The van der Waals surface area contributed by atoms with Gasteiger partial charge in [-0.1, -0.05) is 0 Å². The van der Waals surface area contributed by atoms with Gasteiger partial charge in [0.1, 0.15) is 5.82 Å². The molecule has 0 radical (unpaired) electrons. The van der Waals surface area contributed by atoms with Crippen LogP contribution in [0.5, 0.6) is 0 Å². The molecule has 0 aliphatic heterocycles. The zero-order chi connectivity index (χ0) is 13.1. The van der Waals surface area contributed by atoms with Crippen LogP contribution in [0.2, 0.25) is 0 Å². The fraction of sp³-hybridized carbons (Fsp3) is 0.111. The summed E-state index contributed by atoms with van der Waals surface area (Å²) in [5, 5.41) is 3.30. The third-order valence-electron chi connectivity index (χ3n) is 1.71. The van der Waals surface area contributed by atoms with Crippen LogP contribution in [0, 0.1) is 5.82 Å². The zero-order valence-corrected chi connectivity index (χ0v) is 9.07. The van der Waals surface area contributed by atoms with Crippen LogP contribution in [-0.4, -0.2) is 11.3 Å². The lowest BCUT2D eigenvalue weighted by Gasteiger charge is -2.07. The van der Waals surface area contributed by atoms with Gasteiger partial charge in [0.25, 0.3) is 0 Å². The van der Waals surface area contributed by atoms with Crippen molar-refractivity contribution in [2.75, 3.05) is 0 Å². The molecule has 0 amide bonds. The summed E-state index contributed by atoms with van der Waals surface area (Å²) in [6.07, 6.45) is -3.60. The Bertz CT molecular complexity index is 456. The monoisotopic (exact) mass is 265 g/mol. The van der Waals surface area contributed by atoms with E-state index in [9.17, 15) is 17.6 Å². The normalized spacial score (nSPS) is 11.8. The van der Waals surface area contributed by atoms with E-state index in [1.165, 1.54) is 0 Å². The fourth-order valence-electron chi connectivity index (χ4n) is 0.974. The van der Waals surface area contributed by atoms with Crippen molar-refractivity contribution in [3.8, 4) is 0 Å². The number of hydrazone groups is 1. The first kappa shape index (κ1) is 13.4. The van der Waals surface area contributed by atoms with Crippen LogP contribution in [0.25, 0.3) is 0 Å². The van der Waals surface area contributed by atoms with E-state index in [2.05, 4.69) is 22.7 Å². The van der Waals surface area contributed by atoms with Gasteiger partial charge in [-0.25, -0.2) is 4.39 Å². The van der Waals surface area contributed by atoms with Crippen molar-refractivity contribution in [2.24, 2.45) is 10.8 Å². The van der Waals surface area contributed by atoms with E-state index in [1.54, 1.807) is 0 Å². The number of hydrogen-bond acceptors (Lipinski definition) is 2. The molecular weight excluding hydrogens is 258 g/mol. The molecule has 8 heteroatoms. The van der Waals surface area contributed by atoms with Crippen molar-refractivity contribution < 1.29 is 17.6 Å². The SMILES string of the molecule is NC(=S)NN=Cc1ccc(C(F)(F)F)cc1F. The lowest BCUT2D eigenvalue weighted by atomic mass is 10.1. The molecule has 0 unspecified atom stereocenters.